The highest BCUT2D eigenvalue weighted by Gasteiger charge is 2.25. The Balaban J connectivity index is 1.58. The number of hydrogen-bond donors (Lipinski definition) is 2. The second kappa shape index (κ2) is 6.19. The van der Waals surface area contributed by atoms with Crippen molar-refractivity contribution in [3.05, 3.63) is 71.6 Å². The Morgan fingerprint density at radius 3 is 2.62 bits per heavy atom. The van der Waals surface area contributed by atoms with Crippen molar-refractivity contribution in [1.29, 1.82) is 0 Å². The molecule has 0 aliphatic heterocycles. The highest BCUT2D eigenvalue weighted by Crippen LogP contribution is 2.25. The van der Waals surface area contributed by atoms with Gasteiger partial charge in [0, 0.05) is 22.0 Å². The van der Waals surface area contributed by atoms with Gasteiger partial charge in [-0.25, -0.2) is 0 Å². The van der Waals surface area contributed by atoms with Crippen molar-refractivity contribution in [1.82, 2.24) is 10.3 Å². The van der Waals surface area contributed by atoms with Gasteiger partial charge in [-0.2, -0.15) is 0 Å². The molecule has 2 aromatic carbocycles. The Kier molecular flexibility index (Phi) is 3.84. The summed E-state index contributed by atoms with van der Waals surface area (Å²) in [5, 5.41) is 4.45. The third-order valence-corrected chi connectivity index (χ3v) is 4.55. The number of para-hydroxylation sites is 2. The monoisotopic (exact) mass is 346 g/mol. The number of nitrogens with one attached hydrogen (secondary N) is 2. The number of aryl methyl sites for hydroxylation is 1. The number of carbonyl (C=O) groups excluding carboxylic acids is 2. The van der Waals surface area contributed by atoms with E-state index in [0.717, 1.165) is 21.9 Å². The third-order valence-electron chi connectivity index (χ3n) is 4.55. The van der Waals surface area contributed by atoms with Gasteiger partial charge in [0.1, 0.15) is 11.3 Å². The van der Waals surface area contributed by atoms with Crippen LogP contribution in [0.4, 0.5) is 0 Å². The zero-order valence-electron chi connectivity index (χ0n) is 14.5. The maximum absolute atomic E-state index is 12.7. The molecule has 0 aliphatic carbocycles. The lowest BCUT2D eigenvalue weighted by molar-refractivity contribution is -0.117. The number of fused-ring (bicyclic) bond motifs is 2. The van der Waals surface area contributed by atoms with Crippen LogP contribution in [0.5, 0.6) is 0 Å². The van der Waals surface area contributed by atoms with Gasteiger partial charge in [-0.1, -0.05) is 36.4 Å². The molecule has 4 aromatic rings. The lowest BCUT2D eigenvalue weighted by Gasteiger charge is -2.10. The van der Waals surface area contributed by atoms with E-state index < -0.39 is 17.7 Å². The number of rotatable bonds is 4. The minimum absolute atomic E-state index is 0.412. The SMILES string of the molecule is Cc1[nH]c2ccccc2c1C(=O)C(=O)N[C@@H](C)c1cc2ccccc2o1. The summed E-state index contributed by atoms with van der Waals surface area (Å²) in [5.74, 6) is -0.586. The van der Waals surface area contributed by atoms with E-state index in [0.29, 0.717) is 17.0 Å². The second-order valence-corrected chi connectivity index (χ2v) is 6.38. The predicted molar refractivity (Wildman–Crippen MR) is 100 cm³/mol. The fourth-order valence-corrected chi connectivity index (χ4v) is 3.23. The molecule has 4 rings (SSSR count). The van der Waals surface area contributed by atoms with Gasteiger partial charge in [0.05, 0.1) is 11.6 Å². The van der Waals surface area contributed by atoms with Crippen molar-refractivity contribution in [3.63, 3.8) is 0 Å². The van der Waals surface area contributed by atoms with Crippen LogP contribution in [0, 0.1) is 6.92 Å². The number of aromatic amines is 1. The van der Waals surface area contributed by atoms with E-state index in [9.17, 15) is 9.59 Å². The lowest BCUT2D eigenvalue weighted by atomic mass is 10.1. The summed E-state index contributed by atoms with van der Waals surface area (Å²) in [6.07, 6.45) is 0. The molecule has 0 saturated heterocycles. The van der Waals surface area contributed by atoms with Crippen LogP contribution in [0.1, 0.15) is 34.8 Å². The van der Waals surface area contributed by atoms with Gasteiger partial charge < -0.3 is 14.7 Å². The lowest BCUT2D eigenvalue weighted by Crippen LogP contribution is -2.33. The fourth-order valence-electron chi connectivity index (χ4n) is 3.23. The topological polar surface area (TPSA) is 75.1 Å². The number of benzene rings is 2. The Hall–Kier alpha value is -3.34. The molecule has 0 spiro atoms. The largest absolute Gasteiger partial charge is 0.459 e. The minimum atomic E-state index is -0.647. The molecule has 0 bridgehead atoms. The van der Waals surface area contributed by atoms with Crippen LogP contribution in [0.3, 0.4) is 0 Å². The summed E-state index contributed by atoms with van der Waals surface area (Å²) in [5.41, 5.74) is 2.69. The Morgan fingerprint density at radius 2 is 1.81 bits per heavy atom. The normalized spacial score (nSPS) is 12.4. The standard InChI is InChI=1S/C21H18N2O3/c1-12(18-11-14-7-3-6-10-17(14)26-18)23-21(25)20(24)19-13(2)22-16-9-5-4-8-15(16)19/h3-12,22H,1-2H3,(H,23,25)/t12-/m0/s1. The molecule has 26 heavy (non-hydrogen) atoms. The van der Waals surface area contributed by atoms with Crippen LogP contribution in [0.15, 0.2) is 59.0 Å². The van der Waals surface area contributed by atoms with Crippen molar-refractivity contribution < 1.29 is 14.0 Å². The molecule has 2 N–H and O–H groups in total. The molecule has 5 heteroatoms. The molecule has 0 saturated carbocycles. The van der Waals surface area contributed by atoms with Gasteiger partial charge in [0.15, 0.2) is 0 Å². The summed E-state index contributed by atoms with van der Waals surface area (Å²) < 4.78 is 5.76. The van der Waals surface area contributed by atoms with Crippen molar-refractivity contribution >= 4 is 33.6 Å². The zero-order chi connectivity index (χ0) is 18.3. The average molecular weight is 346 g/mol. The number of Topliss-reactive ketones (excluding diaryl/α,β-unsaturated/α-hetero) is 1. The fraction of sp³-hybridized carbons (Fsp3) is 0.143. The molecule has 130 valence electrons. The van der Waals surface area contributed by atoms with Crippen molar-refractivity contribution in [2.24, 2.45) is 0 Å². The first-order valence-electron chi connectivity index (χ1n) is 8.45. The molecule has 0 radical (unpaired) electrons. The molecule has 2 heterocycles. The number of carbonyl (C=O) groups is 2. The maximum atomic E-state index is 12.7. The summed E-state index contributed by atoms with van der Waals surface area (Å²) in [7, 11) is 0. The van der Waals surface area contributed by atoms with Crippen LogP contribution in [0.2, 0.25) is 0 Å². The molecular formula is C21H18N2O3. The van der Waals surface area contributed by atoms with E-state index in [4.69, 9.17) is 4.42 Å². The van der Waals surface area contributed by atoms with Crippen molar-refractivity contribution in [2.45, 2.75) is 19.9 Å². The number of hydrogen-bond acceptors (Lipinski definition) is 3. The summed E-state index contributed by atoms with van der Waals surface area (Å²) in [6, 6.07) is 16.5. The minimum Gasteiger partial charge on any atom is -0.459 e. The van der Waals surface area contributed by atoms with E-state index in [2.05, 4.69) is 10.3 Å². The third kappa shape index (κ3) is 2.67. The van der Waals surface area contributed by atoms with Gasteiger partial charge in [-0.05, 0) is 32.0 Å². The molecule has 2 aromatic heterocycles. The van der Waals surface area contributed by atoms with E-state index in [-0.39, 0.29) is 0 Å². The van der Waals surface area contributed by atoms with Crippen LogP contribution in [0.25, 0.3) is 21.9 Å². The van der Waals surface area contributed by atoms with Gasteiger partial charge in [-0.15, -0.1) is 0 Å². The van der Waals surface area contributed by atoms with Crippen molar-refractivity contribution in [2.75, 3.05) is 0 Å². The van der Waals surface area contributed by atoms with Gasteiger partial charge in [-0.3, -0.25) is 9.59 Å². The maximum Gasteiger partial charge on any atom is 0.293 e. The number of aromatic nitrogens is 1. The number of amides is 1. The number of H-pyrrole nitrogens is 1. The van der Waals surface area contributed by atoms with Crippen LogP contribution in [-0.2, 0) is 4.79 Å². The molecule has 1 atom stereocenters. The quantitative estimate of drug-likeness (QED) is 0.428. The molecule has 0 unspecified atom stereocenters. The Labute approximate surface area is 150 Å². The van der Waals surface area contributed by atoms with E-state index in [1.807, 2.05) is 54.6 Å². The number of furan rings is 1. The summed E-state index contributed by atoms with van der Waals surface area (Å²) >= 11 is 0. The zero-order valence-corrected chi connectivity index (χ0v) is 14.5. The number of ketones is 1. The molecule has 0 fully saturated rings. The van der Waals surface area contributed by atoms with Gasteiger partial charge in [0.2, 0.25) is 0 Å². The highest BCUT2D eigenvalue weighted by atomic mass is 16.3. The second-order valence-electron chi connectivity index (χ2n) is 6.38. The van der Waals surface area contributed by atoms with Crippen molar-refractivity contribution in [3.8, 4) is 0 Å². The van der Waals surface area contributed by atoms with E-state index >= 15 is 0 Å². The van der Waals surface area contributed by atoms with Gasteiger partial charge >= 0.3 is 0 Å². The highest BCUT2D eigenvalue weighted by molar-refractivity contribution is 6.45. The average Bonchev–Trinajstić information content (AvgIpc) is 3.21. The first-order chi connectivity index (χ1) is 12.5. The van der Waals surface area contributed by atoms with Crippen LogP contribution in [-0.4, -0.2) is 16.7 Å². The smallest absolute Gasteiger partial charge is 0.293 e. The molecule has 0 aliphatic rings. The van der Waals surface area contributed by atoms with Gasteiger partial charge in [0.25, 0.3) is 11.7 Å². The van der Waals surface area contributed by atoms with E-state index in [1.54, 1.807) is 13.8 Å². The summed E-state index contributed by atoms with van der Waals surface area (Å²) in [4.78, 5) is 28.4. The van der Waals surface area contributed by atoms with E-state index in [1.165, 1.54) is 0 Å². The Bertz CT molecular complexity index is 1100. The first kappa shape index (κ1) is 16.1. The first-order valence-corrected chi connectivity index (χ1v) is 8.45. The molecule has 5 nitrogen and oxygen atoms in total. The van der Waals surface area contributed by atoms with Crippen LogP contribution < -0.4 is 5.32 Å². The predicted octanol–water partition coefficient (Wildman–Crippen LogP) is 4.28. The summed E-state index contributed by atoms with van der Waals surface area (Å²) in [6.45, 7) is 3.59. The van der Waals surface area contributed by atoms with Crippen LogP contribution >= 0.6 is 0 Å². The molecule has 1 amide bonds. The Morgan fingerprint density at radius 1 is 1.08 bits per heavy atom. The molecular weight excluding hydrogens is 328 g/mol.